The average Bonchev–Trinajstić information content (AvgIpc) is 3.18. The standard InChI is InChI=1S/C20H17N3O3S/c1-13(24)21-15-7-9-16(10-8-15)22-19(25)14-4-2-5-17(12-14)23-20(26)18-6-3-11-27-18/h2-12H,1H3,(H,21,24)(H,22,25)(H,23,26). The van der Waals surface area contributed by atoms with Crippen molar-refractivity contribution in [3.05, 3.63) is 76.5 Å². The molecular formula is C20H17N3O3S. The lowest BCUT2D eigenvalue weighted by Crippen LogP contribution is -2.14. The highest BCUT2D eigenvalue weighted by atomic mass is 32.1. The van der Waals surface area contributed by atoms with Gasteiger partial charge in [0.05, 0.1) is 4.88 Å². The SMILES string of the molecule is CC(=O)Nc1ccc(NC(=O)c2cccc(NC(=O)c3cccs3)c2)cc1. The molecule has 0 aliphatic carbocycles. The molecule has 27 heavy (non-hydrogen) atoms. The van der Waals surface area contributed by atoms with Crippen LogP contribution in [0.25, 0.3) is 0 Å². The Morgan fingerprint density at radius 2 is 1.41 bits per heavy atom. The van der Waals surface area contributed by atoms with Crippen LogP contribution < -0.4 is 16.0 Å². The van der Waals surface area contributed by atoms with Crippen LogP contribution in [-0.2, 0) is 4.79 Å². The highest BCUT2D eigenvalue weighted by molar-refractivity contribution is 7.12. The van der Waals surface area contributed by atoms with Gasteiger partial charge in [-0.3, -0.25) is 14.4 Å². The van der Waals surface area contributed by atoms with E-state index in [4.69, 9.17) is 0 Å². The summed E-state index contributed by atoms with van der Waals surface area (Å²) < 4.78 is 0. The summed E-state index contributed by atoms with van der Waals surface area (Å²) in [5.74, 6) is -0.668. The molecule has 0 fully saturated rings. The van der Waals surface area contributed by atoms with Crippen LogP contribution in [0.2, 0.25) is 0 Å². The molecule has 3 aromatic rings. The summed E-state index contributed by atoms with van der Waals surface area (Å²) in [6.45, 7) is 1.43. The topological polar surface area (TPSA) is 87.3 Å². The van der Waals surface area contributed by atoms with Gasteiger partial charge in [-0.1, -0.05) is 12.1 Å². The first-order chi connectivity index (χ1) is 13.0. The van der Waals surface area contributed by atoms with Crippen molar-refractivity contribution < 1.29 is 14.4 Å². The van der Waals surface area contributed by atoms with E-state index in [-0.39, 0.29) is 17.7 Å². The molecule has 0 unspecified atom stereocenters. The fourth-order valence-corrected chi connectivity index (χ4v) is 3.00. The van der Waals surface area contributed by atoms with Crippen molar-refractivity contribution >= 4 is 46.1 Å². The van der Waals surface area contributed by atoms with Crippen molar-refractivity contribution in [3.63, 3.8) is 0 Å². The Balaban J connectivity index is 1.66. The third-order valence-corrected chi connectivity index (χ3v) is 4.46. The molecule has 3 rings (SSSR count). The number of thiophene rings is 1. The molecule has 7 heteroatoms. The number of carbonyl (C=O) groups is 3. The zero-order valence-corrected chi connectivity index (χ0v) is 15.3. The molecule has 0 saturated heterocycles. The molecule has 0 aliphatic rings. The molecule has 0 spiro atoms. The number of nitrogens with one attached hydrogen (secondary N) is 3. The summed E-state index contributed by atoms with van der Waals surface area (Å²) in [7, 11) is 0. The Morgan fingerprint density at radius 3 is 2.04 bits per heavy atom. The number of carbonyl (C=O) groups excluding carboxylic acids is 3. The van der Waals surface area contributed by atoms with Crippen LogP contribution in [0.4, 0.5) is 17.1 Å². The Hall–Kier alpha value is -3.45. The Labute approximate surface area is 160 Å². The maximum absolute atomic E-state index is 12.5. The second kappa shape index (κ2) is 8.29. The lowest BCUT2D eigenvalue weighted by atomic mass is 10.1. The molecule has 2 aromatic carbocycles. The second-order valence-electron chi connectivity index (χ2n) is 5.72. The van der Waals surface area contributed by atoms with Gasteiger partial charge >= 0.3 is 0 Å². The van der Waals surface area contributed by atoms with Crippen molar-refractivity contribution in [1.29, 1.82) is 0 Å². The van der Waals surface area contributed by atoms with Crippen molar-refractivity contribution in [3.8, 4) is 0 Å². The molecular weight excluding hydrogens is 362 g/mol. The van der Waals surface area contributed by atoms with Gasteiger partial charge in [0.25, 0.3) is 11.8 Å². The van der Waals surface area contributed by atoms with Crippen LogP contribution in [0.15, 0.2) is 66.0 Å². The molecule has 1 aromatic heterocycles. The fourth-order valence-electron chi connectivity index (χ4n) is 2.38. The quantitative estimate of drug-likeness (QED) is 0.620. The van der Waals surface area contributed by atoms with Gasteiger partial charge in [0.15, 0.2) is 0 Å². The summed E-state index contributed by atoms with van der Waals surface area (Å²) in [5, 5.41) is 10.1. The van der Waals surface area contributed by atoms with Crippen LogP contribution in [0.3, 0.4) is 0 Å². The third-order valence-electron chi connectivity index (χ3n) is 3.59. The van der Waals surface area contributed by atoms with Gasteiger partial charge in [-0.2, -0.15) is 0 Å². The molecule has 1 heterocycles. The molecule has 0 aliphatic heterocycles. The molecule has 136 valence electrons. The molecule has 3 N–H and O–H groups in total. The summed E-state index contributed by atoms with van der Waals surface area (Å²) in [6, 6.07) is 17.1. The third kappa shape index (κ3) is 5.02. The van der Waals surface area contributed by atoms with Crippen LogP contribution >= 0.6 is 11.3 Å². The van der Waals surface area contributed by atoms with Crippen molar-refractivity contribution in [2.24, 2.45) is 0 Å². The highest BCUT2D eigenvalue weighted by Gasteiger charge is 2.10. The fraction of sp³-hybridized carbons (Fsp3) is 0.0500. The van der Waals surface area contributed by atoms with E-state index in [0.29, 0.717) is 27.5 Å². The largest absolute Gasteiger partial charge is 0.326 e. The lowest BCUT2D eigenvalue weighted by Gasteiger charge is -2.09. The van der Waals surface area contributed by atoms with E-state index in [9.17, 15) is 14.4 Å². The van der Waals surface area contributed by atoms with Crippen LogP contribution in [0, 0.1) is 0 Å². The molecule has 0 atom stereocenters. The number of amides is 3. The number of benzene rings is 2. The van der Waals surface area contributed by atoms with Crippen LogP contribution in [0.1, 0.15) is 27.0 Å². The van der Waals surface area contributed by atoms with Gasteiger partial charge in [0.2, 0.25) is 5.91 Å². The van der Waals surface area contributed by atoms with Crippen LogP contribution in [0.5, 0.6) is 0 Å². The zero-order valence-electron chi connectivity index (χ0n) is 14.5. The predicted octanol–water partition coefficient (Wildman–Crippen LogP) is 4.21. The first-order valence-corrected chi connectivity index (χ1v) is 9.03. The Morgan fingerprint density at radius 1 is 0.741 bits per heavy atom. The van der Waals surface area contributed by atoms with Gasteiger partial charge in [-0.05, 0) is 53.9 Å². The molecule has 6 nitrogen and oxygen atoms in total. The first-order valence-electron chi connectivity index (χ1n) is 8.15. The number of anilines is 3. The molecule has 0 saturated carbocycles. The minimum absolute atomic E-state index is 0.159. The number of hydrogen-bond donors (Lipinski definition) is 3. The van der Waals surface area contributed by atoms with Gasteiger partial charge in [0.1, 0.15) is 0 Å². The van der Waals surface area contributed by atoms with Gasteiger partial charge in [-0.15, -0.1) is 11.3 Å². The monoisotopic (exact) mass is 379 g/mol. The van der Waals surface area contributed by atoms with Crippen molar-refractivity contribution in [2.45, 2.75) is 6.92 Å². The second-order valence-corrected chi connectivity index (χ2v) is 6.67. The lowest BCUT2D eigenvalue weighted by molar-refractivity contribution is -0.114. The summed E-state index contributed by atoms with van der Waals surface area (Å²) in [5.41, 5.74) is 2.22. The summed E-state index contributed by atoms with van der Waals surface area (Å²) in [6.07, 6.45) is 0. The van der Waals surface area contributed by atoms with E-state index >= 15 is 0 Å². The number of rotatable bonds is 5. The highest BCUT2D eigenvalue weighted by Crippen LogP contribution is 2.17. The smallest absolute Gasteiger partial charge is 0.265 e. The first kappa shape index (κ1) is 18.3. The van der Waals surface area contributed by atoms with E-state index in [1.807, 2.05) is 5.38 Å². The maximum atomic E-state index is 12.5. The van der Waals surface area contributed by atoms with E-state index in [1.165, 1.54) is 18.3 Å². The predicted molar refractivity (Wildman–Crippen MR) is 107 cm³/mol. The maximum Gasteiger partial charge on any atom is 0.265 e. The van der Waals surface area contributed by atoms with E-state index < -0.39 is 0 Å². The zero-order chi connectivity index (χ0) is 19.2. The molecule has 0 bridgehead atoms. The van der Waals surface area contributed by atoms with E-state index in [1.54, 1.807) is 60.7 Å². The normalized spacial score (nSPS) is 10.1. The average molecular weight is 379 g/mol. The summed E-state index contributed by atoms with van der Waals surface area (Å²) in [4.78, 5) is 36.2. The molecule has 0 radical (unpaired) electrons. The Kier molecular flexibility index (Phi) is 5.63. The van der Waals surface area contributed by atoms with Crippen molar-refractivity contribution in [1.82, 2.24) is 0 Å². The van der Waals surface area contributed by atoms with Crippen LogP contribution in [-0.4, -0.2) is 17.7 Å². The minimum atomic E-state index is -0.297. The summed E-state index contributed by atoms with van der Waals surface area (Å²) >= 11 is 1.35. The van der Waals surface area contributed by atoms with E-state index in [0.717, 1.165) is 0 Å². The molecule has 3 amide bonds. The van der Waals surface area contributed by atoms with E-state index in [2.05, 4.69) is 16.0 Å². The van der Waals surface area contributed by atoms with Gasteiger partial charge in [0, 0.05) is 29.5 Å². The Bertz CT molecular complexity index is 966. The van der Waals surface area contributed by atoms with Gasteiger partial charge in [-0.25, -0.2) is 0 Å². The minimum Gasteiger partial charge on any atom is -0.326 e. The van der Waals surface area contributed by atoms with Crippen molar-refractivity contribution in [2.75, 3.05) is 16.0 Å². The van der Waals surface area contributed by atoms with Gasteiger partial charge < -0.3 is 16.0 Å². The number of hydrogen-bond acceptors (Lipinski definition) is 4.